The fourth-order valence-corrected chi connectivity index (χ4v) is 2.49. The number of nitrogens with one attached hydrogen (secondary N) is 3. The second kappa shape index (κ2) is 10.6. The van der Waals surface area contributed by atoms with E-state index in [1.165, 1.54) is 0 Å². The highest BCUT2D eigenvalue weighted by atomic mass is 79.9. The highest BCUT2D eigenvalue weighted by Crippen LogP contribution is 2.21. The molecule has 0 atom stereocenters. The van der Waals surface area contributed by atoms with Crippen molar-refractivity contribution in [2.75, 3.05) is 13.2 Å². The van der Waals surface area contributed by atoms with Crippen LogP contribution in [0.2, 0.25) is 0 Å². The van der Waals surface area contributed by atoms with Crippen molar-refractivity contribution in [1.29, 1.82) is 0 Å². The number of halogens is 1. The Hall–Kier alpha value is -2.65. The van der Waals surface area contributed by atoms with Gasteiger partial charge >= 0.3 is 0 Å². The molecular weight excluding hydrogens is 446 g/mol. The minimum Gasteiger partial charge on any atom is -0.484 e. The van der Waals surface area contributed by atoms with Crippen LogP contribution >= 0.6 is 28.1 Å². The monoisotopic (exact) mass is 465 g/mol. The molecule has 2 amide bonds. The molecule has 0 aliphatic heterocycles. The molecule has 0 radical (unpaired) electrons. The van der Waals surface area contributed by atoms with Crippen LogP contribution in [0.4, 0.5) is 0 Å². The van der Waals surface area contributed by atoms with Crippen LogP contribution in [-0.4, -0.2) is 30.1 Å². The molecule has 0 aliphatic rings. The van der Waals surface area contributed by atoms with Crippen molar-refractivity contribution in [2.45, 2.75) is 13.8 Å². The van der Waals surface area contributed by atoms with Gasteiger partial charge in [-0.3, -0.25) is 25.8 Å². The van der Waals surface area contributed by atoms with Crippen molar-refractivity contribution in [2.24, 2.45) is 0 Å². The van der Waals surface area contributed by atoms with Crippen LogP contribution in [0.15, 0.2) is 46.9 Å². The number of benzene rings is 2. The average Bonchev–Trinajstić information content (AvgIpc) is 2.66. The first-order chi connectivity index (χ1) is 13.3. The zero-order valence-electron chi connectivity index (χ0n) is 15.4. The van der Waals surface area contributed by atoms with Crippen LogP contribution < -0.4 is 25.6 Å². The molecule has 9 heteroatoms. The molecule has 0 aromatic heterocycles. The van der Waals surface area contributed by atoms with Crippen LogP contribution in [0.1, 0.15) is 11.1 Å². The lowest BCUT2D eigenvalue weighted by atomic mass is 10.2. The van der Waals surface area contributed by atoms with Crippen LogP contribution in [0.5, 0.6) is 11.5 Å². The first-order valence-corrected chi connectivity index (χ1v) is 9.51. The summed E-state index contributed by atoms with van der Waals surface area (Å²) in [5.41, 5.74) is 6.70. The molecule has 0 saturated heterocycles. The number of ether oxygens (including phenoxy) is 2. The number of hydrogen-bond donors (Lipinski definition) is 3. The summed E-state index contributed by atoms with van der Waals surface area (Å²) in [7, 11) is 0. The van der Waals surface area contributed by atoms with Crippen LogP contribution in [-0.2, 0) is 9.59 Å². The summed E-state index contributed by atoms with van der Waals surface area (Å²) in [5, 5.41) is 2.36. The van der Waals surface area contributed by atoms with Gasteiger partial charge in [0, 0.05) is 4.47 Å². The third-order valence-corrected chi connectivity index (χ3v) is 4.61. The number of thiocarbonyl (C=S) groups is 1. The minimum atomic E-state index is -0.451. The molecular formula is C19H20BrN3O4S. The molecule has 0 heterocycles. The molecule has 28 heavy (non-hydrogen) atoms. The molecule has 2 aromatic carbocycles. The summed E-state index contributed by atoms with van der Waals surface area (Å²) in [6.45, 7) is 3.39. The quantitative estimate of drug-likeness (QED) is 0.448. The van der Waals surface area contributed by atoms with Crippen LogP contribution in [0.25, 0.3) is 0 Å². The van der Waals surface area contributed by atoms with Gasteiger partial charge in [-0.15, -0.1) is 0 Å². The largest absolute Gasteiger partial charge is 0.484 e. The predicted octanol–water partition coefficient (Wildman–Crippen LogP) is 2.55. The van der Waals surface area contributed by atoms with E-state index in [0.29, 0.717) is 11.5 Å². The van der Waals surface area contributed by atoms with Crippen molar-refractivity contribution in [1.82, 2.24) is 16.2 Å². The molecule has 0 spiro atoms. The van der Waals surface area contributed by atoms with Gasteiger partial charge in [0.1, 0.15) is 11.5 Å². The lowest BCUT2D eigenvalue weighted by molar-refractivity contribution is -0.124. The lowest BCUT2D eigenvalue weighted by Gasteiger charge is -2.12. The Bertz CT molecular complexity index is 876. The standard InChI is InChI=1S/C19H20BrN3O4S/c1-12-5-3-4-6-16(12)27-10-17(24)21-19(28)23-22-18(25)11-26-14-7-8-15(20)13(2)9-14/h3-9H,10-11H2,1-2H3,(H,22,25)(H2,21,23,24,28). The molecule has 7 nitrogen and oxygen atoms in total. The number of para-hydroxylation sites is 1. The molecule has 0 saturated carbocycles. The zero-order chi connectivity index (χ0) is 20.5. The summed E-state index contributed by atoms with van der Waals surface area (Å²) in [5.74, 6) is 0.287. The van der Waals surface area contributed by atoms with E-state index in [-0.39, 0.29) is 18.3 Å². The molecule has 0 fully saturated rings. The number of amides is 2. The number of hydrazine groups is 1. The Morgan fingerprint density at radius 3 is 2.39 bits per heavy atom. The topological polar surface area (TPSA) is 88.7 Å². The van der Waals surface area contributed by atoms with E-state index < -0.39 is 11.8 Å². The predicted molar refractivity (Wildman–Crippen MR) is 113 cm³/mol. The Kier molecular flexibility index (Phi) is 8.21. The van der Waals surface area contributed by atoms with Crippen LogP contribution in [0, 0.1) is 13.8 Å². The molecule has 3 N–H and O–H groups in total. The molecule has 0 aliphatic carbocycles. The summed E-state index contributed by atoms with van der Waals surface area (Å²) in [6.07, 6.45) is 0. The number of hydrogen-bond acceptors (Lipinski definition) is 5. The fraction of sp³-hybridized carbons (Fsp3) is 0.211. The first-order valence-electron chi connectivity index (χ1n) is 8.31. The zero-order valence-corrected chi connectivity index (χ0v) is 17.8. The van der Waals surface area contributed by atoms with Crippen molar-refractivity contribution < 1.29 is 19.1 Å². The van der Waals surface area contributed by atoms with Gasteiger partial charge in [-0.25, -0.2) is 0 Å². The average molecular weight is 466 g/mol. The Morgan fingerprint density at radius 1 is 0.964 bits per heavy atom. The maximum Gasteiger partial charge on any atom is 0.276 e. The Labute approximate surface area is 176 Å². The highest BCUT2D eigenvalue weighted by molar-refractivity contribution is 9.10. The molecule has 2 aromatic rings. The van der Waals surface area contributed by atoms with Crippen molar-refractivity contribution in [3.05, 3.63) is 58.1 Å². The number of rotatable bonds is 6. The van der Waals surface area contributed by atoms with E-state index in [4.69, 9.17) is 21.7 Å². The van der Waals surface area contributed by atoms with Gasteiger partial charge in [0.2, 0.25) is 0 Å². The third kappa shape index (κ3) is 7.16. The third-order valence-electron chi connectivity index (χ3n) is 3.52. The Balaban J connectivity index is 1.66. The van der Waals surface area contributed by atoms with Gasteiger partial charge in [-0.2, -0.15) is 0 Å². The van der Waals surface area contributed by atoms with Gasteiger partial charge < -0.3 is 9.47 Å². The summed E-state index contributed by atoms with van der Waals surface area (Å²) in [4.78, 5) is 23.6. The summed E-state index contributed by atoms with van der Waals surface area (Å²) in [6, 6.07) is 12.7. The second-order valence-electron chi connectivity index (χ2n) is 5.80. The van der Waals surface area contributed by atoms with E-state index in [1.54, 1.807) is 12.1 Å². The van der Waals surface area contributed by atoms with Crippen molar-refractivity contribution >= 4 is 45.1 Å². The van der Waals surface area contributed by atoms with E-state index in [0.717, 1.165) is 15.6 Å². The maximum atomic E-state index is 11.8. The number of carbonyl (C=O) groups excluding carboxylic acids is 2. The maximum absolute atomic E-state index is 11.8. The van der Waals surface area contributed by atoms with E-state index >= 15 is 0 Å². The van der Waals surface area contributed by atoms with E-state index in [2.05, 4.69) is 32.1 Å². The van der Waals surface area contributed by atoms with Crippen molar-refractivity contribution in [3.63, 3.8) is 0 Å². The number of carbonyl (C=O) groups is 2. The molecule has 2 rings (SSSR count). The highest BCUT2D eigenvalue weighted by Gasteiger charge is 2.08. The summed E-state index contributed by atoms with van der Waals surface area (Å²) >= 11 is 8.35. The fourth-order valence-electron chi connectivity index (χ4n) is 2.07. The lowest BCUT2D eigenvalue weighted by Crippen LogP contribution is -2.50. The number of aryl methyl sites for hydroxylation is 2. The van der Waals surface area contributed by atoms with Gasteiger partial charge in [-0.1, -0.05) is 34.1 Å². The first kappa shape index (κ1) is 21.6. The Morgan fingerprint density at radius 2 is 1.68 bits per heavy atom. The SMILES string of the molecule is Cc1cc(OCC(=O)NNC(=S)NC(=O)COc2ccccc2C)ccc1Br. The minimum absolute atomic E-state index is 0.0498. The molecule has 148 valence electrons. The van der Waals surface area contributed by atoms with Gasteiger partial charge in [-0.05, 0) is 61.5 Å². The van der Waals surface area contributed by atoms with Gasteiger partial charge in [0.05, 0.1) is 0 Å². The van der Waals surface area contributed by atoms with Crippen molar-refractivity contribution in [3.8, 4) is 11.5 Å². The van der Waals surface area contributed by atoms with Gasteiger partial charge in [0.15, 0.2) is 18.3 Å². The summed E-state index contributed by atoms with van der Waals surface area (Å²) < 4.78 is 11.8. The normalized spacial score (nSPS) is 9.96. The van der Waals surface area contributed by atoms with E-state index in [1.807, 2.05) is 44.2 Å². The smallest absolute Gasteiger partial charge is 0.276 e. The molecule has 0 unspecified atom stereocenters. The van der Waals surface area contributed by atoms with Crippen LogP contribution in [0.3, 0.4) is 0 Å². The van der Waals surface area contributed by atoms with E-state index in [9.17, 15) is 9.59 Å². The second-order valence-corrected chi connectivity index (χ2v) is 7.07. The molecule has 0 bridgehead atoms. The van der Waals surface area contributed by atoms with Gasteiger partial charge in [0.25, 0.3) is 11.8 Å².